The summed E-state index contributed by atoms with van der Waals surface area (Å²) in [4.78, 5) is 2.68. The van der Waals surface area contributed by atoms with Crippen molar-refractivity contribution < 1.29 is 4.74 Å². The molecule has 116 valence electrons. The fourth-order valence-corrected chi connectivity index (χ4v) is 4.06. The summed E-state index contributed by atoms with van der Waals surface area (Å²) in [6, 6.07) is 9.27. The Morgan fingerprint density at radius 2 is 2.14 bits per heavy atom. The first kappa shape index (κ1) is 14.9. The molecule has 1 N–H and O–H groups in total. The molecule has 1 saturated heterocycles. The predicted octanol–water partition coefficient (Wildman–Crippen LogP) is 3.05. The summed E-state index contributed by atoms with van der Waals surface area (Å²) >= 11 is 0. The van der Waals surface area contributed by atoms with Gasteiger partial charge in [-0.3, -0.25) is 4.90 Å². The van der Waals surface area contributed by atoms with Crippen LogP contribution in [0.25, 0.3) is 0 Å². The summed E-state index contributed by atoms with van der Waals surface area (Å²) in [6.45, 7) is 4.06. The molecule has 2 atom stereocenters. The molecule has 3 nitrogen and oxygen atoms in total. The SMILES string of the molecule is CNCc1cccc(OCCN2CCCC3CCCC32)c1. The van der Waals surface area contributed by atoms with Gasteiger partial charge in [0.25, 0.3) is 0 Å². The van der Waals surface area contributed by atoms with Gasteiger partial charge in [0.1, 0.15) is 12.4 Å². The van der Waals surface area contributed by atoms with Crippen LogP contribution in [-0.4, -0.2) is 37.7 Å². The second-order valence-corrected chi connectivity index (χ2v) is 6.46. The lowest BCUT2D eigenvalue weighted by Crippen LogP contribution is -2.44. The van der Waals surface area contributed by atoms with Crippen LogP contribution in [0, 0.1) is 5.92 Å². The number of rotatable bonds is 6. The highest BCUT2D eigenvalue weighted by Crippen LogP contribution is 2.36. The average Bonchev–Trinajstić information content (AvgIpc) is 2.97. The quantitative estimate of drug-likeness (QED) is 0.871. The van der Waals surface area contributed by atoms with Gasteiger partial charge in [-0.25, -0.2) is 0 Å². The van der Waals surface area contributed by atoms with Crippen molar-refractivity contribution in [1.82, 2.24) is 10.2 Å². The molecule has 1 aliphatic heterocycles. The summed E-state index contributed by atoms with van der Waals surface area (Å²) < 4.78 is 5.97. The Hall–Kier alpha value is -1.06. The summed E-state index contributed by atoms with van der Waals surface area (Å²) in [6.07, 6.45) is 7.11. The zero-order valence-electron chi connectivity index (χ0n) is 13.2. The van der Waals surface area contributed by atoms with Crippen LogP contribution < -0.4 is 10.1 Å². The fraction of sp³-hybridized carbons (Fsp3) is 0.667. The summed E-state index contributed by atoms with van der Waals surface area (Å²) in [5.41, 5.74) is 1.28. The first-order valence-corrected chi connectivity index (χ1v) is 8.47. The third kappa shape index (κ3) is 3.78. The fourth-order valence-electron chi connectivity index (χ4n) is 4.06. The van der Waals surface area contributed by atoms with Crippen LogP contribution in [0.1, 0.15) is 37.7 Å². The Balaban J connectivity index is 1.48. The molecule has 0 bridgehead atoms. The van der Waals surface area contributed by atoms with Gasteiger partial charge in [-0.15, -0.1) is 0 Å². The van der Waals surface area contributed by atoms with E-state index in [-0.39, 0.29) is 0 Å². The van der Waals surface area contributed by atoms with Crippen LogP contribution in [0.2, 0.25) is 0 Å². The molecule has 1 aliphatic carbocycles. The lowest BCUT2D eigenvalue weighted by atomic mass is 9.92. The largest absolute Gasteiger partial charge is 0.492 e. The maximum Gasteiger partial charge on any atom is 0.119 e. The number of hydrogen-bond acceptors (Lipinski definition) is 3. The minimum atomic E-state index is 0.812. The topological polar surface area (TPSA) is 24.5 Å². The lowest BCUT2D eigenvalue weighted by Gasteiger charge is -2.37. The maximum absolute atomic E-state index is 5.97. The molecule has 0 spiro atoms. The van der Waals surface area contributed by atoms with Crippen molar-refractivity contribution >= 4 is 0 Å². The standard InChI is InChI=1S/C18H28N2O/c1-19-14-15-5-2-8-17(13-15)21-12-11-20-10-4-7-16-6-3-9-18(16)20/h2,5,8,13,16,18-19H,3-4,6-7,9-12,14H2,1H3. The minimum Gasteiger partial charge on any atom is -0.492 e. The predicted molar refractivity (Wildman–Crippen MR) is 86.6 cm³/mol. The van der Waals surface area contributed by atoms with Crippen molar-refractivity contribution in [3.05, 3.63) is 29.8 Å². The zero-order valence-corrected chi connectivity index (χ0v) is 13.2. The molecule has 0 amide bonds. The van der Waals surface area contributed by atoms with Crippen LogP contribution >= 0.6 is 0 Å². The van der Waals surface area contributed by atoms with E-state index in [0.29, 0.717) is 0 Å². The highest BCUT2D eigenvalue weighted by molar-refractivity contribution is 5.28. The second-order valence-electron chi connectivity index (χ2n) is 6.46. The Morgan fingerprint density at radius 3 is 3.05 bits per heavy atom. The third-order valence-corrected chi connectivity index (χ3v) is 5.03. The number of hydrogen-bond donors (Lipinski definition) is 1. The molecule has 1 saturated carbocycles. The highest BCUT2D eigenvalue weighted by Gasteiger charge is 2.34. The lowest BCUT2D eigenvalue weighted by molar-refractivity contribution is 0.0951. The second kappa shape index (κ2) is 7.28. The summed E-state index contributed by atoms with van der Waals surface area (Å²) in [7, 11) is 1.97. The molecule has 1 aromatic rings. The molecule has 0 radical (unpaired) electrons. The first-order chi connectivity index (χ1) is 10.4. The normalized spacial score (nSPS) is 25.8. The molecule has 2 fully saturated rings. The van der Waals surface area contributed by atoms with Crippen molar-refractivity contribution in [2.75, 3.05) is 26.7 Å². The summed E-state index contributed by atoms with van der Waals surface area (Å²) in [5, 5.41) is 3.18. The number of piperidine rings is 1. The van der Waals surface area contributed by atoms with Gasteiger partial charge in [-0.05, 0) is 62.9 Å². The Bertz CT molecular complexity index is 449. The number of likely N-dealkylation sites (tertiary alicyclic amines) is 1. The average molecular weight is 288 g/mol. The molecule has 21 heavy (non-hydrogen) atoms. The van der Waals surface area contributed by atoms with E-state index >= 15 is 0 Å². The molecule has 2 aliphatic rings. The number of ether oxygens (including phenoxy) is 1. The molecule has 3 heteroatoms. The molecule has 3 rings (SSSR count). The Kier molecular flexibility index (Phi) is 5.15. The van der Waals surface area contributed by atoms with Gasteiger partial charge >= 0.3 is 0 Å². The van der Waals surface area contributed by atoms with E-state index in [1.165, 1.54) is 44.2 Å². The van der Waals surface area contributed by atoms with Crippen LogP contribution in [-0.2, 0) is 6.54 Å². The van der Waals surface area contributed by atoms with E-state index in [9.17, 15) is 0 Å². The van der Waals surface area contributed by atoms with Crippen molar-refractivity contribution in [2.24, 2.45) is 5.92 Å². The molecular formula is C18H28N2O. The third-order valence-electron chi connectivity index (χ3n) is 5.03. The molecule has 1 heterocycles. The monoisotopic (exact) mass is 288 g/mol. The highest BCUT2D eigenvalue weighted by atomic mass is 16.5. The molecule has 0 aromatic heterocycles. The number of nitrogens with zero attached hydrogens (tertiary/aromatic N) is 1. The van der Waals surface area contributed by atoms with Crippen molar-refractivity contribution in [1.29, 1.82) is 0 Å². The van der Waals surface area contributed by atoms with Crippen LogP contribution in [0.4, 0.5) is 0 Å². The van der Waals surface area contributed by atoms with Gasteiger partial charge in [0.05, 0.1) is 0 Å². The van der Waals surface area contributed by atoms with E-state index in [0.717, 1.165) is 37.4 Å². The van der Waals surface area contributed by atoms with Crippen molar-refractivity contribution in [2.45, 2.75) is 44.7 Å². The van der Waals surface area contributed by atoms with E-state index in [1.54, 1.807) is 0 Å². The Labute approximate surface area is 128 Å². The number of nitrogens with one attached hydrogen (secondary N) is 1. The first-order valence-electron chi connectivity index (χ1n) is 8.47. The Morgan fingerprint density at radius 1 is 1.24 bits per heavy atom. The van der Waals surface area contributed by atoms with Gasteiger partial charge in [-0.2, -0.15) is 0 Å². The van der Waals surface area contributed by atoms with Gasteiger partial charge in [0.2, 0.25) is 0 Å². The van der Waals surface area contributed by atoms with E-state index in [1.807, 2.05) is 7.05 Å². The maximum atomic E-state index is 5.97. The van der Waals surface area contributed by atoms with Crippen molar-refractivity contribution in [3.63, 3.8) is 0 Å². The zero-order chi connectivity index (χ0) is 14.5. The summed E-state index contributed by atoms with van der Waals surface area (Å²) in [5.74, 6) is 1.97. The van der Waals surface area contributed by atoms with Crippen molar-refractivity contribution in [3.8, 4) is 5.75 Å². The van der Waals surface area contributed by atoms with Crippen LogP contribution in [0.15, 0.2) is 24.3 Å². The van der Waals surface area contributed by atoms with E-state index < -0.39 is 0 Å². The molecule has 1 aromatic carbocycles. The van der Waals surface area contributed by atoms with Gasteiger partial charge in [0.15, 0.2) is 0 Å². The molecule has 2 unspecified atom stereocenters. The van der Waals surface area contributed by atoms with E-state index in [2.05, 4.69) is 34.5 Å². The minimum absolute atomic E-state index is 0.812. The van der Waals surface area contributed by atoms with Gasteiger partial charge in [-0.1, -0.05) is 18.6 Å². The molecular weight excluding hydrogens is 260 g/mol. The number of fused-ring (bicyclic) bond motifs is 1. The number of benzene rings is 1. The van der Waals surface area contributed by atoms with E-state index in [4.69, 9.17) is 4.74 Å². The van der Waals surface area contributed by atoms with Crippen LogP contribution in [0.5, 0.6) is 5.75 Å². The smallest absolute Gasteiger partial charge is 0.119 e. The van der Waals surface area contributed by atoms with Gasteiger partial charge in [0, 0.05) is 19.1 Å². The van der Waals surface area contributed by atoms with Crippen LogP contribution in [0.3, 0.4) is 0 Å². The van der Waals surface area contributed by atoms with Gasteiger partial charge < -0.3 is 10.1 Å².